The first-order valence-corrected chi connectivity index (χ1v) is 21.3. The highest BCUT2D eigenvalue weighted by Crippen LogP contribution is 2.47. The van der Waals surface area contributed by atoms with Crippen LogP contribution >= 0.6 is 0 Å². The molecule has 9 aromatic carbocycles. The molecule has 0 saturated heterocycles. The lowest BCUT2D eigenvalue weighted by atomic mass is 9.65. The average molecular weight is 783 g/mol. The first-order chi connectivity index (χ1) is 29.9. The topological polar surface area (TPSA) is 9.86 Å². The molecular weight excluding hydrogens is 737 g/mol. The van der Waals surface area contributed by atoms with Gasteiger partial charge in [0.1, 0.15) is 0 Å². The van der Waals surface area contributed by atoms with Crippen LogP contribution in [0.1, 0.15) is 48.6 Å². The van der Waals surface area contributed by atoms with Gasteiger partial charge >= 0.3 is 0 Å². The van der Waals surface area contributed by atoms with Gasteiger partial charge in [-0.05, 0) is 111 Å². The maximum Gasteiger partial charge on any atom is 0.0701 e. The van der Waals surface area contributed by atoms with E-state index in [1.807, 2.05) is 0 Å². The van der Waals surface area contributed by atoms with Gasteiger partial charge in [0, 0.05) is 32.9 Å². The van der Waals surface area contributed by atoms with E-state index in [2.05, 4.69) is 254 Å². The number of rotatable bonds is 7. The molecule has 0 atom stereocenters. The summed E-state index contributed by atoms with van der Waals surface area (Å²) in [5.74, 6) is 0. The first kappa shape index (κ1) is 36.6. The molecule has 2 heterocycles. The van der Waals surface area contributed by atoms with Crippen molar-refractivity contribution in [2.45, 2.75) is 31.6 Å². The van der Waals surface area contributed by atoms with Crippen LogP contribution in [-0.2, 0) is 10.8 Å². The van der Waals surface area contributed by atoms with Gasteiger partial charge in [-0.1, -0.05) is 178 Å². The fourth-order valence-electron chi connectivity index (χ4n) is 9.90. The summed E-state index contributed by atoms with van der Waals surface area (Å²) in [5.41, 5.74) is 15.2. The Morgan fingerprint density at radius 3 is 1.30 bits per heavy atom. The SMILES string of the molecule is CC(C)(C)c1ccc2c(c1)c1cc(C(c3ccccc3)(c3ccccc3)c3ccccc3)ccc1n2-c1cccc(-c2ccc3c(c2)c2ccccc2n3-c2ccccc2)c1. The van der Waals surface area contributed by atoms with Gasteiger partial charge in [-0.2, -0.15) is 0 Å². The molecule has 11 aromatic rings. The normalized spacial score (nSPS) is 12.2. The zero-order chi connectivity index (χ0) is 41.1. The average Bonchev–Trinajstić information content (AvgIpc) is 3.82. The maximum atomic E-state index is 2.48. The van der Waals surface area contributed by atoms with E-state index in [-0.39, 0.29) is 5.41 Å². The monoisotopic (exact) mass is 782 g/mol. The Labute approximate surface area is 357 Å². The van der Waals surface area contributed by atoms with Crippen molar-refractivity contribution in [1.29, 1.82) is 0 Å². The lowest BCUT2D eigenvalue weighted by molar-refractivity contribution is 0.591. The highest BCUT2D eigenvalue weighted by molar-refractivity contribution is 6.11. The molecule has 2 heteroatoms. The Morgan fingerprint density at radius 2 is 0.705 bits per heavy atom. The fraction of sp³-hybridized carbons (Fsp3) is 0.0847. The minimum atomic E-state index is -0.545. The Morgan fingerprint density at radius 1 is 0.279 bits per heavy atom. The van der Waals surface area contributed by atoms with Crippen LogP contribution in [0.2, 0.25) is 0 Å². The van der Waals surface area contributed by atoms with E-state index in [0.717, 1.165) is 5.69 Å². The smallest absolute Gasteiger partial charge is 0.0701 e. The van der Waals surface area contributed by atoms with Crippen molar-refractivity contribution in [3.05, 3.63) is 252 Å². The molecule has 2 aromatic heterocycles. The maximum absolute atomic E-state index is 2.48. The van der Waals surface area contributed by atoms with Crippen LogP contribution in [0.25, 0.3) is 66.1 Å². The third-order valence-corrected chi connectivity index (χ3v) is 12.8. The molecular formula is C59H46N2. The summed E-state index contributed by atoms with van der Waals surface area (Å²) in [7, 11) is 0. The first-order valence-electron chi connectivity index (χ1n) is 21.3. The highest BCUT2D eigenvalue weighted by atomic mass is 15.0. The minimum absolute atomic E-state index is 0.00963. The van der Waals surface area contributed by atoms with Gasteiger partial charge < -0.3 is 9.13 Å². The number of nitrogens with zero attached hydrogens (tertiary/aromatic N) is 2. The van der Waals surface area contributed by atoms with E-state index in [0.29, 0.717) is 0 Å². The number of para-hydroxylation sites is 2. The van der Waals surface area contributed by atoms with Crippen molar-refractivity contribution in [2.24, 2.45) is 0 Å². The predicted molar refractivity (Wildman–Crippen MR) is 258 cm³/mol. The van der Waals surface area contributed by atoms with Crippen molar-refractivity contribution in [1.82, 2.24) is 9.13 Å². The van der Waals surface area contributed by atoms with E-state index >= 15 is 0 Å². The summed E-state index contributed by atoms with van der Waals surface area (Å²) in [4.78, 5) is 0. The van der Waals surface area contributed by atoms with E-state index < -0.39 is 5.41 Å². The lowest BCUT2D eigenvalue weighted by Crippen LogP contribution is -2.30. The van der Waals surface area contributed by atoms with Gasteiger partial charge in [0.05, 0.1) is 27.5 Å². The second kappa shape index (κ2) is 14.4. The number of benzene rings is 9. The minimum Gasteiger partial charge on any atom is -0.309 e. The highest BCUT2D eigenvalue weighted by Gasteiger charge is 2.38. The van der Waals surface area contributed by atoms with Gasteiger partial charge in [-0.15, -0.1) is 0 Å². The van der Waals surface area contributed by atoms with Crippen LogP contribution in [0.3, 0.4) is 0 Å². The lowest BCUT2D eigenvalue weighted by Gasteiger charge is -2.37. The van der Waals surface area contributed by atoms with Gasteiger partial charge in [0.15, 0.2) is 0 Å². The summed E-state index contributed by atoms with van der Waals surface area (Å²) < 4.78 is 4.85. The van der Waals surface area contributed by atoms with E-state index in [1.54, 1.807) is 0 Å². The number of fused-ring (bicyclic) bond motifs is 6. The third kappa shape index (κ3) is 5.93. The molecule has 11 rings (SSSR count). The fourth-order valence-corrected chi connectivity index (χ4v) is 9.90. The second-order valence-corrected chi connectivity index (χ2v) is 17.4. The Bertz CT molecular complexity index is 3270. The number of hydrogen-bond donors (Lipinski definition) is 0. The molecule has 0 spiro atoms. The summed E-state index contributed by atoms with van der Waals surface area (Å²) in [6, 6.07) is 82.8. The summed E-state index contributed by atoms with van der Waals surface area (Å²) in [6.07, 6.45) is 0. The van der Waals surface area contributed by atoms with E-state index in [9.17, 15) is 0 Å². The van der Waals surface area contributed by atoms with Crippen molar-refractivity contribution in [3.63, 3.8) is 0 Å². The Kier molecular flexibility index (Phi) is 8.65. The molecule has 0 aliphatic carbocycles. The van der Waals surface area contributed by atoms with Crippen LogP contribution in [-0.4, -0.2) is 9.13 Å². The summed E-state index contributed by atoms with van der Waals surface area (Å²) >= 11 is 0. The van der Waals surface area contributed by atoms with Crippen molar-refractivity contribution < 1.29 is 0 Å². The van der Waals surface area contributed by atoms with E-state index in [1.165, 1.54) is 88.2 Å². The standard InChI is InChI=1S/C59H46N2/c1-58(2,3)46-32-35-56-52(39-46)53-40-47(59(43-20-8-4-9-21-43,44-22-10-5-11-23-44)45-24-12-6-13-25-45)33-36-57(53)61(56)49-28-18-19-41(37-49)42-31-34-55-51(38-42)50-29-16-17-30-54(50)60(55)48-26-14-7-15-27-48/h4-40H,1-3H3. The van der Waals surface area contributed by atoms with Crippen LogP contribution < -0.4 is 0 Å². The molecule has 0 saturated carbocycles. The number of aromatic nitrogens is 2. The molecule has 0 unspecified atom stereocenters. The molecule has 2 nitrogen and oxygen atoms in total. The second-order valence-electron chi connectivity index (χ2n) is 17.4. The number of hydrogen-bond acceptors (Lipinski definition) is 0. The molecule has 0 bridgehead atoms. The van der Waals surface area contributed by atoms with Crippen LogP contribution in [0.5, 0.6) is 0 Å². The quantitative estimate of drug-likeness (QED) is 0.143. The van der Waals surface area contributed by atoms with Gasteiger partial charge in [0.2, 0.25) is 0 Å². The van der Waals surface area contributed by atoms with Gasteiger partial charge in [-0.3, -0.25) is 0 Å². The van der Waals surface area contributed by atoms with Gasteiger partial charge in [0.25, 0.3) is 0 Å². The molecule has 0 fully saturated rings. The zero-order valence-corrected chi connectivity index (χ0v) is 34.8. The van der Waals surface area contributed by atoms with Crippen molar-refractivity contribution in [2.75, 3.05) is 0 Å². The predicted octanol–water partition coefficient (Wildman–Crippen LogP) is 15.2. The molecule has 0 aliphatic heterocycles. The third-order valence-electron chi connectivity index (χ3n) is 12.8. The molecule has 0 amide bonds. The van der Waals surface area contributed by atoms with Gasteiger partial charge in [-0.25, -0.2) is 0 Å². The Hall–Kier alpha value is -7.42. The molecule has 0 radical (unpaired) electrons. The zero-order valence-electron chi connectivity index (χ0n) is 34.8. The Balaban J connectivity index is 1.14. The molecule has 292 valence electrons. The van der Waals surface area contributed by atoms with E-state index in [4.69, 9.17) is 0 Å². The summed E-state index contributed by atoms with van der Waals surface area (Å²) in [6.45, 7) is 6.92. The summed E-state index contributed by atoms with van der Waals surface area (Å²) in [5, 5.41) is 5.00. The van der Waals surface area contributed by atoms with Crippen LogP contribution in [0, 0.1) is 0 Å². The van der Waals surface area contributed by atoms with Crippen molar-refractivity contribution in [3.8, 4) is 22.5 Å². The largest absolute Gasteiger partial charge is 0.309 e. The van der Waals surface area contributed by atoms with Crippen LogP contribution in [0.4, 0.5) is 0 Å². The molecule has 0 N–H and O–H groups in total. The molecule has 0 aliphatic rings. The van der Waals surface area contributed by atoms with Crippen molar-refractivity contribution >= 4 is 43.6 Å². The molecule has 61 heavy (non-hydrogen) atoms. The van der Waals surface area contributed by atoms with Crippen LogP contribution in [0.15, 0.2) is 224 Å².